The molecule has 0 radical (unpaired) electrons. The van der Waals surface area contributed by atoms with Crippen LogP contribution in [0.25, 0.3) is 0 Å². The van der Waals surface area contributed by atoms with E-state index < -0.39 is 0 Å². The van der Waals surface area contributed by atoms with Crippen molar-refractivity contribution in [2.24, 2.45) is 4.99 Å². The topological polar surface area (TPSA) is 64.1 Å². The first-order valence-electron chi connectivity index (χ1n) is 9.09. The number of rotatable bonds is 11. The monoisotopic (exact) mass is 479 g/mol. The van der Waals surface area contributed by atoms with Crippen molar-refractivity contribution in [1.29, 1.82) is 0 Å². The number of hydrogen-bond acceptors (Lipinski definition) is 4. The van der Waals surface area contributed by atoms with Crippen LogP contribution in [0.15, 0.2) is 17.1 Å². The number of guanidine groups is 1. The molecule has 0 aliphatic rings. The molecule has 0 saturated heterocycles. The van der Waals surface area contributed by atoms with Crippen molar-refractivity contribution >= 4 is 29.9 Å². The fourth-order valence-electron chi connectivity index (χ4n) is 2.41. The Morgan fingerprint density at radius 2 is 1.65 bits per heavy atom. The lowest BCUT2D eigenvalue weighted by atomic mass is 10.2. The van der Waals surface area contributed by atoms with Crippen molar-refractivity contribution in [3.63, 3.8) is 0 Å². The molecule has 150 valence electrons. The summed E-state index contributed by atoms with van der Waals surface area (Å²) in [6.07, 6.45) is 3.58. The molecule has 0 atom stereocenters. The van der Waals surface area contributed by atoms with Crippen LogP contribution in [0.3, 0.4) is 0 Å². The summed E-state index contributed by atoms with van der Waals surface area (Å²) in [4.78, 5) is 4.65. The fraction of sp³-hybridized carbons (Fsp3) is 0.632. The lowest BCUT2D eigenvalue weighted by molar-refractivity contribution is 0.288. The third-order valence-electron chi connectivity index (χ3n) is 3.65. The van der Waals surface area contributed by atoms with Crippen LogP contribution < -0.4 is 24.8 Å². The van der Waals surface area contributed by atoms with Crippen molar-refractivity contribution < 1.29 is 14.2 Å². The summed E-state index contributed by atoms with van der Waals surface area (Å²) in [7, 11) is 3.26. The van der Waals surface area contributed by atoms with Crippen LogP contribution in [-0.2, 0) is 6.54 Å². The zero-order valence-electron chi connectivity index (χ0n) is 16.7. The van der Waals surface area contributed by atoms with Gasteiger partial charge in [0.2, 0.25) is 5.75 Å². The average Bonchev–Trinajstić information content (AvgIpc) is 2.63. The second-order valence-electron chi connectivity index (χ2n) is 5.59. The highest BCUT2D eigenvalue weighted by Gasteiger charge is 2.13. The van der Waals surface area contributed by atoms with Gasteiger partial charge in [-0.3, -0.25) is 0 Å². The van der Waals surface area contributed by atoms with Crippen LogP contribution in [0, 0.1) is 0 Å². The van der Waals surface area contributed by atoms with Gasteiger partial charge in [-0.1, -0.05) is 19.8 Å². The van der Waals surface area contributed by atoms with E-state index in [4.69, 9.17) is 14.2 Å². The summed E-state index contributed by atoms with van der Waals surface area (Å²) in [6, 6.07) is 3.88. The first-order chi connectivity index (χ1) is 12.2. The van der Waals surface area contributed by atoms with Crippen molar-refractivity contribution in [2.75, 3.05) is 33.9 Å². The maximum atomic E-state index is 5.63. The largest absolute Gasteiger partial charge is 0.493 e. The van der Waals surface area contributed by atoms with Crippen molar-refractivity contribution in [2.45, 2.75) is 46.6 Å². The van der Waals surface area contributed by atoms with E-state index in [9.17, 15) is 0 Å². The van der Waals surface area contributed by atoms with Crippen LogP contribution in [-0.4, -0.2) is 39.9 Å². The molecular formula is C19H34IN3O3. The maximum absolute atomic E-state index is 5.63. The quantitative estimate of drug-likeness (QED) is 0.218. The number of hydrogen-bond donors (Lipinski definition) is 2. The molecule has 0 unspecified atom stereocenters. The van der Waals surface area contributed by atoms with E-state index in [0.29, 0.717) is 30.4 Å². The summed E-state index contributed by atoms with van der Waals surface area (Å²) < 4.78 is 16.5. The zero-order valence-corrected chi connectivity index (χ0v) is 19.0. The Hall–Kier alpha value is -1.38. The summed E-state index contributed by atoms with van der Waals surface area (Å²) in [5.74, 6) is 2.77. The Labute approximate surface area is 175 Å². The normalized spacial score (nSPS) is 10.7. The van der Waals surface area contributed by atoms with Crippen molar-refractivity contribution in [3.05, 3.63) is 17.7 Å². The van der Waals surface area contributed by atoms with Crippen LogP contribution >= 0.6 is 24.0 Å². The lowest BCUT2D eigenvalue weighted by Crippen LogP contribution is -2.37. The predicted molar refractivity (Wildman–Crippen MR) is 118 cm³/mol. The van der Waals surface area contributed by atoms with Gasteiger partial charge in [-0.25, -0.2) is 4.99 Å². The van der Waals surface area contributed by atoms with E-state index in [0.717, 1.165) is 31.0 Å². The molecule has 26 heavy (non-hydrogen) atoms. The smallest absolute Gasteiger partial charge is 0.203 e. The molecule has 0 saturated carbocycles. The number of halogens is 1. The highest BCUT2D eigenvalue weighted by atomic mass is 127. The number of nitrogens with one attached hydrogen (secondary N) is 2. The molecule has 1 aromatic rings. The number of unbranched alkanes of at least 4 members (excludes halogenated alkanes) is 2. The molecule has 1 aromatic carbocycles. The third kappa shape index (κ3) is 8.33. The van der Waals surface area contributed by atoms with Crippen LogP contribution in [0.4, 0.5) is 0 Å². The molecule has 0 heterocycles. The molecule has 0 bridgehead atoms. The molecule has 0 fully saturated rings. The standard InChI is InChI=1S/C19H33N3O3.HI/c1-6-9-10-11-21-19(20-7-2)22-14-15-12-16(23-4)18(25-8-3)17(13-15)24-5;/h12-13H,6-11,14H2,1-5H3,(H2,20,21,22);1H. The fourth-order valence-corrected chi connectivity index (χ4v) is 2.41. The minimum absolute atomic E-state index is 0. The van der Waals surface area contributed by atoms with Gasteiger partial charge in [0, 0.05) is 13.1 Å². The summed E-state index contributed by atoms with van der Waals surface area (Å²) >= 11 is 0. The van der Waals surface area contributed by atoms with Gasteiger partial charge in [0.25, 0.3) is 0 Å². The molecule has 7 heteroatoms. The summed E-state index contributed by atoms with van der Waals surface area (Å²) in [5.41, 5.74) is 1.00. The number of nitrogens with zero attached hydrogens (tertiary/aromatic N) is 1. The van der Waals surface area contributed by atoms with E-state index in [-0.39, 0.29) is 24.0 Å². The molecule has 6 nitrogen and oxygen atoms in total. The number of benzene rings is 1. The van der Waals surface area contributed by atoms with Gasteiger partial charge in [-0.05, 0) is 38.0 Å². The third-order valence-corrected chi connectivity index (χ3v) is 3.65. The number of methoxy groups -OCH3 is 2. The van der Waals surface area contributed by atoms with Crippen LogP contribution in [0.1, 0.15) is 45.6 Å². The summed E-state index contributed by atoms with van der Waals surface area (Å²) in [5, 5.41) is 6.64. The Bertz CT molecular complexity index is 514. The highest BCUT2D eigenvalue weighted by molar-refractivity contribution is 14.0. The Morgan fingerprint density at radius 3 is 2.15 bits per heavy atom. The molecule has 0 aliphatic heterocycles. The van der Waals surface area contributed by atoms with E-state index >= 15 is 0 Å². The molecule has 0 aliphatic carbocycles. The second kappa shape index (κ2) is 14.8. The van der Waals surface area contributed by atoms with Gasteiger partial charge >= 0.3 is 0 Å². The molecule has 1 rings (SSSR count). The molecule has 0 aromatic heterocycles. The minimum Gasteiger partial charge on any atom is -0.493 e. The van der Waals surface area contributed by atoms with Crippen LogP contribution in [0.2, 0.25) is 0 Å². The van der Waals surface area contributed by atoms with Gasteiger partial charge in [0.15, 0.2) is 17.5 Å². The summed E-state index contributed by atoms with van der Waals surface area (Å²) in [6.45, 7) is 9.03. The average molecular weight is 479 g/mol. The van der Waals surface area contributed by atoms with E-state index in [1.165, 1.54) is 12.8 Å². The number of aliphatic imine (C=N–C) groups is 1. The van der Waals surface area contributed by atoms with Gasteiger partial charge in [0.05, 0.1) is 27.4 Å². The SMILES string of the molecule is CCCCCNC(=NCc1cc(OC)c(OCC)c(OC)c1)NCC.I. The van der Waals surface area contributed by atoms with E-state index in [1.807, 2.05) is 19.1 Å². The van der Waals surface area contributed by atoms with Gasteiger partial charge in [0.1, 0.15) is 0 Å². The van der Waals surface area contributed by atoms with Gasteiger partial charge < -0.3 is 24.8 Å². The molecular weight excluding hydrogens is 445 g/mol. The van der Waals surface area contributed by atoms with Crippen molar-refractivity contribution in [3.8, 4) is 17.2 Å². The second-order valence-corrected chi connectivity index (χ2v) is 5.59. The predicted octanol–water partition coefficient (Wildman–Crippen LogP) is 3.97. The first kappa shape index (κ1) is 24.6. The minimum atomic E-state index is 0. The highest BCUT2D eigenvalue weighted by Crippen LogP contribution is 2.38. The number of ether oxygens (including phenoxy) is 3. The lowest BCUT2D eigenvalue weighted by Gasteiger charge is -2.15. The van der Waals surface area contributed by atoms with Crippen LogP contribution in [0.5, 0.6) is 17.2 Å². The van der Waals surface area contributed by atoms with Crippen molar-refractivity contribution in [1.82, 2.24) is 10.6 Å². The first-order valence-corrected chi connectivity index (χ1v) is 9.09. The molecule has 0 spiro atoms. The molecule has 0 amide bonds. The Morgan fingerprint density at radius 1 is 1.00 bits per heavy atom. The maximum Gasteiger partial charge on any atom is 0.203 e. The van der Waals surface area contributed by atoms with E-state index in [2.05, 4.69) is 29.5 Å². The van der Waals surface area contributed by atoms with Gasteiger partial charge in [-0.15, -0.1) is 24.0 Å². The Kier molecular flexibility index (Phi) is 14.0. The zero-order chi connectivity index (χ0) is 18.5. The van der Waals surface area contributed by atoms with Gasteiger partial charge in [-0.2, -0.15) is 0 Å². The molecule has 2 N–H and O–H groups in total. The van der Waals surface area contributed by atoms with E-state index in [1.54, 1.807) is 14.2 Å². The Balaban J connectivity index is 0.00000625.